The molecule has 0 bridgehead atoms. The number of hydrogen-bond donors (Lipinski definition) is 1. The molecule has 0 saturated carbocycles. The molecule has 180 valence electrons. The Labute approximate surface area is 200 Å². The summed E-state index contributed by atoms with van der Waals surface area (Å²) in [6.45, 7) is 3.32. The van der Waals surface area contributed by atoms with Gasteiger partial charge in [-0.2, -0.15) is 4.31 Å². The zero-order valence-electron chi connectivity index (χ0n) is 19.5. The number of amides is 1. The van der Waals surface area contributed by atoms with Crippen molar-refractivity contribution < 1.29 is 22.3 Å². The zero-order chi connectivity index (χ0) is 24.7. The maximum absolute atomic E-state index is 13.5. The molecule has 0 aliphatic rings. The summed E-state index contributed by atoms with van der Waals surface area (Å²) in [5, 5.41) is 2.81. The smallest absolute Gasteiger partial charge is 0.243 e. The Kier molecular flexibility index (Phi) is 8.41. The van der Waals surface area contributed by atoms with Gasteiger partial charge in [-0.05, 0) is 67.3 Å². The minimum Gasteiger partial charge on any atom is -0.496 e. The van der Waals surface area contributed by atoms with Crippen LogP contribution < -0.4 is 10.1 Å². The molecule has 0 aliphatic carbocycles. The molecule has 1 atom stereocenters. The Bertz CT molecular complexity index is 1220. The molecule has 0 saturated heterocycles. The summed E-state index contributed by atoms with van der Waals surface area (Å²) >= 11 is 0. The third-order valence-corrected chi connectivity index (χ3v) is 7.41. The normalized spacial score (nSPS) is 12.4. The summed E-state index contributed by atoms with van der Waals surface area (Å²) in [7, 11) is -2.43. The van der Waals surface area contributed by atoms with Crippen molar-refractivity contribution in [3.8, 4) is 5.75 Å². The van der Waals surface area contributed by atoms with Gasteiger partial charge in [0.25, 0.3) is 0 Å². The molecule has 0 fully saturated rings. The summed E-state index contributed by atoms with van der Waals surface area (Å²) in [6, 6.07) is 19.5. The number of nitrogens with one attached hydrogen (secondary N) is 1. The van der Waals surface area contributed by atoms with E-state index >= 15 is 0 Å². The van der Waals surface area contributed by atoms with E-state index in [1.807, 2.05) is 30.3 Å². The van der Waals surface area contributed by atoms with Crippen LogP contribution in [0.15, 0.2) is 77.7 Å². The minimum absolute atomic E-state index is 0.0956. The van der Waals surface area contributed by atoms with Crippen molar-refractivity contribution in [2.75, 3.05) is 20.2 Å². The molecule has 0 aromatic heterocycles. The fourth-order valence-corrected chi connectivity index (χ4v) is 5.11. The largest absolute Gasteiger partial charge is 0.496 e. The molecule has 0 aliphatic heterocycles. The van der Waals surface area contributed by atoms with Crippen LogP contribution >= 0.6 is 0 Å². The molecule has 34 heavy (non-hydrogen) atoms. The first-order valence-corrected chi connectivity index (χ1v) is 12.4. The van der Waals surface area contributed by atoms with E-state index in [1.54, 1.807) is 38.1 Å². The van der Waals surface area contributed by atoms with Crippen molar-refractivity contribution >= 4 is 15.9 Å². The molecule has 6 nitrogen and oxygen atoms in total. The first-order valence-electron chi connectivity index (χ1n) is 10.9. The van der Waals surface area contributed by atoms with E-state index in [1.165, 1.54) is 29.6 Å². The highest BCUT2D eigenvalue weighted by Crippen LogP contribution is 2.24. The molecule has 1 amide bonds. The molecular weight excluding hydrogens is 455 g/mol. The number of benzene rings is 3. The van der Waals surface area contributed by atoms with Crippen LogP contribution in [0.2, 0.25) is 0 Å². The molecule has 1 unspecified atom stereocenters. The van der Waals surface area contributed by atoms with Gasteiger partial charge < -0.3 is 10.1 Å². The van der Waals surface area contributed by atoms with Gasteiger partial charge in [-0.15, -0.1) is 0 Å². The van der Waals surface area contributed by atoms with Gasteiger partial charge in [0.15, 0.2) is 0 Å². The number of rotatable bonds is 10. The Balaban J connectivity index is 1.81. The minimum atomic E-state index is -3.95. The molecule has 0 spiro atoms. The third-order valence-electron chi connectivity index (χ3n) is 5.56. The monoisotopic (exact) mass is 484 g/mol. The van der Waals surface area contributed by atoms with Crippen molar-refractivity contribution in [3.63, 3.8) is 0 Å². The second kappa shape index (κ2) is 11.3. The van der Waals surface area contributed by atoms with Crippen molar-refractivity contribution in [2.45, 2.75) is 31.2 Å². The lowest BCUT2D eigenvalue weighted by Gasteiger charge is -2.23. The topological polar surface area (TPSA) is 75.7 Å². The average molecular weight is 485 g/mol. The van der Waals surface area contributed by atoms with E-state index in [9.17, 15) is 17.6 Å². The number of hydrogen-bond acceptors (Lipinski definition) is 4. The fraction of sp³-hybridized carbons (Fsp3) is 0.269. The highest BCUT2D eigenvalue weighted by molar-refractivity contribution is 7.89. The van der Waals surface area contributed by atoms with E-state index in [4.69, 9.17) is 4.74 Å². The number of carbonyl (C=O) groups excluding carboxylic acids is 1. The number of halogens is 1. The number of carbonyl (C=O) groups is 1. The molecule has 3 aromatic carbocycles. The molecule has 3 aromatic rings. The van der Waals surface area contributed by atoms with E-state index in [-0.39, 0.29) is 23.8 Å². The van der Waals surface area contributed by atoms with Crippen LogP contribution in [0.4, 0.5) is 4.39 Å². The van der Waals surface area contributed by atoms with Gasteiger partial charge >= 0.3 is 0 Å². The van der Waals surface area contributed by atoms with Gasteiger partial charge in [0.05, 0.1) is 24.6 Å². The predicted octanol–water partition coefficient (Wildman–Crippen LogP) is 4.25. The van der Waals surface area contributed by atoms with E-state index in [0.717, 1.165) is 11.1 Å². The van der Waals surface area contributed by atoms with Crippen LogP contribution in [-0.4, -0.2) is 38.8 Å². The van der Waals surface area contributed by atoms with Gasteiger partial charge in [0.1, 0.15) is 11.6 Å². The molecule has 0 heterocycles. The SMILES string of the molecule is COc1ccc(S(=O)(=O)N(CCc2ccccc2)CC(=O)NC(C)c2ccc(F)cc2)cc1C. The molecule has 8 heteroatoms. The number of methoxy groups -OCH3 is 1. The van der Waals surface area contributed by atoms with Crippen molar-refractivity contribution in [3.05, 3.63) is 95.3 Å². The first kappa shape index (κ1) is 25.4. The second-order valence-corrected chi connectivity index (χ2v) is 9.98. The second-order valence-electron chi connectivity index (χ2n) is 8.05. The van der Waals surface area contributed by atoms with Gasteiger partial charge in [0.2, 0.25) is 15.9 Å². The van der Waals surface area contributed by atoms with Gasteiger partial charge in [-0.1, -0.05) is 42.5 Å². The molecule has 1 N–H and O–H groups in total. The van der Waals surface area contributed by atoms with Crippen LogP contribution in [0.5, 0.6) is 5.75 Å². The average Bonchev–Trinajstić information content (AvgIpc) is 2.82. The Morgan fingerprint density at radius 2 is 1.74 bits per heavy atom. The van der Waals surface area contributed by atoms with Crippen molar-refractivity contribution in [1.82, 2.24) is 9.62 Å². The first-order chi connectivity index (χ1) is 16.2. The molecular formula is C26H29FN2O4S. The van der Waals surface area contributed by atoms with Crippen LogP contribution in [0.25, 0.3) is 0 Å². The van der Waals surface area contributed by atoms with Crippen molar-refractivity contribution in [2.24, 2.45) is 0 Å². The van der Waals surface area contributed by atoms with Crippen LogP contribution in [-0.2, 0) is 21.2 Å². The van der Waals surface area contributed by atoms with E-state index in [2.05, 4.69) is 5.32 Å². The number of aryl methyl sites for hydroxylation is 1. The lowest BCUT2D eigenvalue weighted by Crippen LogP contribution is -2.42. The van der Waals surface area contributed by atoms with E-state index < -0.39 is 22.0 Å². The molecule has 0 radical (unpaired) electrons. The van der Waals surface area contributed by atoms with Gasteiger partial charge in [-0.25, -0.2) is 12.8 Å². The lowest BCUT2D eigenvalue weighted by molar-refractivity contribution is -0.121. The Morgan fingerprint density at radius 1 is 1.06 bits per heavy atom. The Hall–Kier alpha value is -3.23. The number of nitrogens with zero attached hydrogens (tertiary/aromatic N) is 1. The lowest BCUT2D eigenvalue weighted by atomic mass is 10.1. The Morgan fingerprint density at radius 3 is 2.35 bits per heavy atom. The van der Waals surface area contributed by atoms with E-state index in [0.29, 0.717) is 17.7 Å². The summed E-state index contributed by atoms with van der Waals surface area (Å²) in [6.07, 6.45) is 0.454. The summed E-state index contributed by atoms with van der Waals surface area (Å²) in [5.41, 5.74) is 2.37. The fourth-order valence-electron chi connectivity index (χ4n) is 3.63. The highest BCUT2D eigenvalue weighted by Gasteiger charge is 2.27. The quantitative estimate of drug-likeness (QED) is 0.467. The van der Waals surface area contributed by atoms with Crippen molar-refractivity contribution in [1.29, 1.82) is 0 Å². The third kappa shape index (κ3) is 6.42. The summed E-state index contributed by atoms with van der Waals surface area (Å²) in [4.78, 5) is 12.9. The standard InChI is InChI=1S/C26H29FN2O4S/c1-19-17-24(13-14-25(19)33-3)34(31,32)29(16-15-21-7-5-4-6-8-21)18-26(30)28-20(2)22-9-11-23(27)12-10-22/h4-14,17,20H,15-16,18H2,1-3H3,(H,28,30). The van der Waals surface area contributed by atoms with Crippen LogP contribution in [0.1, 0.15) is 29.7 Å². The predicted molar refractivity (Wildman–Crippen MR) is 130 cm³/mol. The van der Waals surface area contributed by atoms with Crippen LogP contribution in [0.3, 0.4) is 0 Å². The maximum atomic E-state index is 13.5. The van der Waals surface area contributed by atoms with Gasteiger partial charge in [0, 0.05) is 6.54 Å². The number of sulfonamides is 1. The summed E-state index contributed by atoms with van der Waals surface area (Å²) in [5.74, 6) is -0.227. The molecule has 3 rings (SSSR count). The number of ether oxygens (including phenoxy) is 1. The van der Waals surface area contributed by atoms with Gasteiger partial charge in [-0.3, -0.25) is 4.79 Å². The zero-order valence-corrected chi connectivity index (χ0v) is 20.3. The highest BCUT2D eigenvalue weighted by atomic mass is 32.2. The van der Waals surface area contributed by atoms with Crippen LogP contribution in [0, 0.1) is 12.7 Å². The summed E-state index contributed by atoms with van der Waals surface area (Å²) < 4.78 is 46.6. The maximum Gasteiger partial charge on any atom is 0.243 e.